The molecular formula is C14H19NO2. The van der Waals surface area contributed by atoms with Crippen molar-refractivity contribution < 1.29 is 9.47 Å². The molecule has 3 nitrogen and oxygen atoms in total. The van der Waals surface area contributed by atoms with Crippen molar-refractivity contribution in [2.24, 2.45) is 5.73 Å². The topological polar surface area (TPSA) is 44.5 Å². The second-order valence-electron chi connectivity index (χ2n) is 5.25. The Morgan fingerprint density at radius 2 is 2.18 bits per heavy atom. The number of rotatable bonds is 4. The second-order valence-corrected chi connectivity index (χ2v) is 5.25. The second kappa shape index (κ2) is 4.00. The summed E-state index contributed by atoms with van der Waals surface area (Å²) >= 11 is 0. The quantitative estimate of drug-likeness (QED) is 0.863. The Morgan fingerprint density at radius 1 is 1.41 bits per heavy atom. The zero-order valence-corrected chi connectivity index (χ0v) is 10.2. The predicted octanol–water partition coefficient (Wildman–Crippen LogP) is 1.84. The average Bonchev–Trinajstić information content (AvgIpc) is 3.05. The van der Waals surface area contributed by atoms with Gasteiger partial charge in [0.1, 0.15) is 11.9 Å². The molecule has 17 heavy (non-hydrogen) atoms. The van der Waals surface area contributed by atoms with Crippen LogP contribution in [0.1, 0.15) is 25.3 Å². The van der Waals surface area contributed by atoms with Crippen LogP contribution < -0.4 is 10.5 Å². The minimum absolute atomic E-state index is 0.204. The third kappa shape index (κ3) is 1.94. The molecule has 1 atom stereocenters. The van der Waals surface area contributed by atoms with Crippen LogP contribution >= 0.6 is 0 Å². The van der Waals surface area contributed by atoms with E-state index in [-0.39, 0.29) is 17.6 Å². The van der Waals surface area contributed by atoms with Crippen molar-refractivity contribution in [3.8, 4) is 5.75 Å². The van der Waals surface area contributed by atoms with Gasteiger partial charge < -0.3 is 15.2 Å². The van der Waals surface area contributed by atoms with E-state index in [0.29, 0.717) is 13.2 Å². The van der Waals surface area contributed by atoms with E-state index in [4.69, 9.17) is 15.2 Å². The first-order valence-electron chi connectivity index (χ1n) is 6.31. The molecule has 1 saturated carbocycles. The summed E-state index contributed by atoms with van der Waals surface area (Å²) in [7, 11) is 0. The number of nitrogens with two attached hydrogens (primary N) is 1. The van der Waals surface area contributed by atoms with Crippen molar-refractivity contribution in [3.05, 3.63) is 29.8 Å². The lowest BCUT2D eigenvalue weighted by molar-refractivity contribution is -0.0797. The van der Waals surface area contributed by atoms with E-state index in [1.165, 1.54) is 18.4 Å². The van der Waals surface area contributed by atoms with Gasteiger partial charge in [0.2, 0.25) is 0 Å². The first kappa shape index (κ1) is 11.1. The van der Waals surface area contributed by atoms with E-state index in [9.17, 15) is 0 Å². The Hall–Kier alpha value is -1.06. The summed E-state index contributed by atoms with van der Waals surface area (Å²) in [5.41, 5.74) is 7.62. The predicted molar refractivity (Wildman–Crippen MR) is 66.2 cm³/mol. The van der Waals surface area contributed by atoms with Crippen LogP contribution in [0.3, 0.4) is 0 Å². The smallest absolute Gasteiger partial charge is 0.145 e. The van der Waals surface area contributed by atoms with Crippen molar-refractivity contribution >= 4 is 0 Å². The van der Waals surface area contributed by atoms with Gasteiger partial charge in [-0.3, -0.25) is 0 Å². The number of hydrogen-bond acceptors (Lipinski definition) is 3. The van der Waals surface area contributed by atoms with E-state index in [1.807, 2.05) is 6.07 Å². The molecule has 1 saturated heterocycles. The average molecular weight is 233 g/mol. The highest BCUT2D eigenvalue weighted by molar-refractivity contribution is 5.39. The molecule has 2 fully saturated rings. The van der Waals surface area contributed by atoms with Crippen LogP contribution in [0.5, 0.6) is 5.75 Å². The van der Waals surface area contributed by atoms with Crippen LogP contribution in [0.4, 0.5) is 0 Å². The molecule has 2 N–H and O–H groups in total. The van der Waals surface area contributed by atoms with Crippen LogP contribution in [0.15, 0.2) is 24.3 Å². The van der Waals surface area contributed by atoms with E-state index in [1.54, 1.807) is 0 Å². The molecular weight excluding hydrogens is 214 g/mol. The Labute approximate surface area is 102 Å². The van der Waals surface area contributed by atoms with Crippen molar-refractivity contribution in [2.75, 3.05) is 13.2 Å². The van der Waals surface area contributed by atoms with Gasteiger partial charge in [0.15, 0.2) is 0 Å². The third-order valence-corrected chi connectivity index (χ3v) is 3.98. The Kier molecular flexibility index (Phi) is 2.60. The Bertz CT molecular complexity index is 408. The number of ether oxygens (including phenoxy) is 2. The molecule has 1 heterocycles. The van der Waals surface area contributed by atoms with Gasteiger partial charge in [-0.25, -0.2) is 0 Å². The number of benzene rings is 1. The fourth-order valence-electron chi connectivity index (χ4n) is 2.50. The standard InChI is InChI=1S/C14H19NO2/c1-10(15)14(5-6-14)11-3-2-4-12(7-11)17-13-8-16-9-13/h2-4,7,10,13H,5-6,8-9,15H2,1H3. The van der Waals surface area contributed by atoms with Gasteiger partial charge in [0, 0.05) is 11.5 Å². The van der Waals surface area contributed by atoms with Crippen molar-refractivity contribution in [1.29, 1.82) is 0 Å². The summed E-state index contributed by atoms with van der Waals surface area (Å²) in [6.07, 6.45) is 2.62. The normalized spacial score (nSPS) is 23.9. The van der Waals surface area contributed by atoms with Gasteiger partial charge in [-0.2, -0.15) is 0 Å². The molecule has 1 aromatic carbocycles. The van der Waals surface area contributed by atoms with Crippen LogP contribution in [0.25, 0.3) is 0 Å². The fraction of sp³-hybridized carbons (Fsp3) is 0.571. The van der Waals surface area contributed by atoms with Gasteiger partial charge in [0.25, 0.3) is 0 Å². The minimum atomic E-state index is 0.204. The van der Waals surface area contributed by atoms with Crippen molar-refractivity contribution in [1.82, 2.24) is 0 Å². The molecule has 92 valence electrons. The molecule has 1 unspecified atom stereocenters. The first-order valence-corrected chi connectivity index (χ1v) is 6.31. The summed E-state index contributed by atoms with van der Waals surface area (Å²) in [5, 5.41) is 0. The highest BCUT2D eigenvalue weighted by Gasteiger charge is 2.47. The van der Waals surface area contributed by atoms with Crippen LogP contribution in [0.2, 0.25) is 0 Å². The maximum absolute atomic E-state index is 6.09. The molecule has 0 bridgehead atoms. The summed E-state index contributed by atoms with van der Waals surface area (Å²) in [6.45, 7) is 3.52. The van der Waals surface area contributed by atoms with E-state index in [0.717, 1.165) is 5.75 Å². The summed E-state index contributed by atoms with van der Waals surface area (Å²) in [6, 6.07) is 8.60. The molecule has 1 aliphatic heterocycles. The molecule has 2 aliphatic rings. The lowest BCUT2D eigenvalue weighted by Gasteiger charge is -2.27. The van der Waals surface area contributed by atoms with E-state index >= 15 is 0 Å². The molecule has 0 spiro atoms. The van der Waals surface area contributed by atoms with E-state index < -0.39 is 0 Å². The third-order valence-electron chi connectivity index (χ3n) is 3.98. The molecule has 0 radical (unpaired) electrons. The highest BCUT2D eigenvalue weighted by Crippen LogP contribution is 2.50. The zero-order chi connectivity index (χ0) is 11.9. The van der Waals surface area contributed by atoms with Crippen molar-refractivity contribution in [2.45, 2.75) is 37.3 Å². The van der Waals surface area contributed by atoms with Crippen molar-refractivity contribution in [3.63, 3.8) is 0 Å². The van der Waals surface area contributed by atoms with Gasteiger partial charge in [0.05, 0.1) is 13.2 Å². The maximum Gasteiger partial charge on any atom is 0.145 e. The zero-order valence-electron chi connectivity index (χ0n) is 10.2. The lowest BCUT2D eigenvalue weighted by atomic mass is 9.89. The van der Waals surface area contributed by atoms with Crippen LogP contribution in [-0.2, 0) is 10.2 Å². The van der Waals surface area contributed by atoms with Gasteiger partial charge in [-0.05, 0) is 37.5 Å². The van der Waals surface area contributed by atoms with E-state index in [2.05, 4.69) is 25.1 Å². The minimum Gasteiger partial charge on any atom is -0.486 e. The summed E-state index contributed by atoms with van der Waals surface area (Å²) in [4.78, 5) is 0. The maximum atomic E-state index is 6.09. The van der Waals surface area contributed by atoms with Gasteiger partial charge in [-0.1, -0.05) is 12.1 Å². The summed E-state index contributed by atoms with van der Waals surface area (Å²) < 4.78 is 10.9. The lowest BCUT2D eigenvalue weighted by Crippen LogP contribution is -2.38. The molecule has 3 heteroatoms. The van der Waals surface area contributed by atoms with Crippen LogP contribution in [0, 0.1) is 0 Å². The van der Waals surface area contributed by atoms with Gasteiger partial charge >= 0.3 is 0 Å². The summed E-state index contributed by atoms with van der Waals surface area (Å²) in [5.74, 6) is 0.947. The Balaban J connectivity index is 1.79. The molecule has 1 aliphatic carbocycles. The molecule has 0 aromatic heterocycles. The molecule has 0 amide bonds. The first-order chi connectivity index (χ1) is 8.21. The van der Waals surface area contributed by atoms with Gasteiger partial charge in [-0.15, -0.1) is 0 Å². The monoisotopic (exact) mass is 233 g/mol. The Morgan fingerprint density at radius 3 is 2.71 bits per heavy atom. The van der Waals surface area contributed by atoms with Crippen LogP contribution in [-0.4, -0.2) is 25.4 Å². The highest BCUT2D eigenvalue weighted by atomic mass is 16.6. The molecule has 1 aromatic rings. The molecule has 3 rings (SSSR count). The SMILES string of the molecule is CC(N)C1(c2cccc(OC3COC3)c2)CC1. The fourth-order valence-corrected chi connectivity index (χ4v) is 2.50. The number of hydrogen-bond donors (Lipinski definition) is 1. The largest absolute Gasteiger partial charge is 0.486 e.